The average Bonchev–Trinajstić information content (AvgIpc) is 2.54. The highest BCUT2D eigenvalue weighted by atomic mass is 79.9. The molecule has 3 rings (SSSR count). The van der Waals surface area contributed by atoms with Crippen LogP contribution < -0.4 is 20.1 Å². The molecule has 6 heteroatoms. The summed E-state index contributed by atoms with van der Waals surface area (Å²) in [5, 5.41) is 1.91. The zero-order valence-electron chi connectivity index (χ0n) is 13.7. The quantitative estimate of drug-likeness (QED) is 0.820. The first-order valence-electron chi connectivity index (χ1n) is 7.80. The van der Waals surface area contributed by atoms with Crippen LogP contribution in [0.4, 0.5) is 11.5 Å². The van der Waals surface area contributed by atoms with Gasteiger partial charge in [0.05, 0.1) is 19.9 Å². The van der Waals surface area contributed by atoms with Crippen molar-refractivity contribution in [2.24, 2.45) is 5.92 Å². The van der Waals surface area contributed by atoms with Crippen LogP contribution in [0, 0.1) is 5.92 Å². The number of nitrogen functional groups attached to an aromatic ring is 1. The summed E-state index contributed by atoms with van der Waals surface area (Å²) in [6.45, 7) is 4.31. The summed E-state index contributed by atoms with van der Waals surface area (Å²) in [7, 11) is 3.22. The second-order valence-corrected chi connectivity index (χ2v) is 6.93. The Morgan fingerprint density at radius 1 is 1.35 bits per heavy atom. The molecule has 23 heavy (non-hydrogen) atoms. The summed E-state index contributed by atoms with van der Waals surface area (Å²) in [5.41, 5.74) is 6.92. The predicted molar refractivity (Wildman–Crippen MR) is 97.6 cm³/mol. The number of fused-ring (bicyclic) bond motifs is 1. The van der Waals surface area contributed by atoms with Crippen LogP contribution in [0.5, 0.6) is 11.5 Å². The lowest BCUT2D eigenvalue weighted by Gasteiger charge is -2.33. The van der Waals surface area contributed by atoms with Gasteiger partial charge in [-0.3, -0.25) is 0 Å². The van der Waals surface area contributed by atoms with Gasteiger partial charge in [0.15, 0.2) is 11.5 Å². The van der Waals surface area contributed by atoms with E-state index in [1.807, 2.05) is 12.3 Å². The van der Waals surface area contributed by atoms with Crippen LogP contribution in [0.15, 0.2) is 16.7 Å². The van der Waals surface area contributed by atoms with Gasteiger partial charge < -0.3 is 20.1 Å². The number of ether oxygens (including phenoxy) is 2. The van der Waals surface area contributed by atoms with Crippen molar-refractivity contribution in [2.45, 2.75) is 19.8 Å². The highest BCUT2D eigenvalue weighted by molar-refractivity contribution is 9.10. The molecule has 0 radical (unpaired) electrons. The van der Waals surface area contributed by atoms with Crippen molar-refractivity contribution in [2.75, 3.05) is 37.9 Å². The number of benzene rings is 1. The average molecular weight is 380 g/mol. The fourth-order valence-electron chi connectivity index (χ4n) is 3.34. The number of rotatable bonds is 3. The maximum Gasteiger partial charge on any atom is 0.184 e. The summed E-state index contributed by atoms with van der Waals surface area (Å²) >= 11 is 3.57. The molecule has 1 atom stereocenters. The maximum atomic E-state index is 6.35. The van der Waals surface area contributed by atoms with E-state index in [2.05, 4.69) is 32.7 Å². The fourth-order valence-corrected chi connectivity index (χ4v) is 3.87. The molecule has 0 saturated carbocycles. The fraction of sp³-hybridized carbons (Fsp3) is 0.471. The molecule has 2 aromatic rings. The first-order chi connectivity index (χ1) is 11.1. The van der Waals surface area contributed by atoms with E-state index in [-0.39, 0.29) is 0 Å². The molecule has 0 spiro atoms. The van der Waals surface area contributed by atoms with E-state index >= 15 is 0 Å². The number of piperidine rings is 1. The monoisotopic (exact) mass is 379 g/mol. The van der Waals surface area contributed by atoms with Gasteiger partial charge in [0.1, 0.15) is 5.82 Å². The molecule has 124 valence electrons. The maximum absolute atomic E-state index is 6.35. The first-order valence-corrected chi connectivity index (χ1v) is 8.59. The van der Waals surface area contributed by atoms with Gasteiger partial charge in [-0.1, -0.05) is 6.92 Å². The van der Waals surface area contributed by atoms with E-state index in [9.17, 15) is 0 Å². The first kappa shape index (κ1) is 16.2. The van der Waals surface area contributed by atoms with Gasteiger partial charge in [0, 0.05) is 34.5 Å². The van der Waals surface area contributed by atoms with E-state index in [1.54, 1.807) is 14.2 Å². The zero-order chi connectivity index (χ0) is 16.6. The molecule has 1 unspecified atom stereocenters. The number of pyridine rings is 1. The van der Waals surface area contributed by atoms with Gasteiger partial charge in [-0.15, -0.1) is 0 Å². The molecule has 1 aliphatic rings. The number of anilines is 2. The van der Waals surface area contributed by atoms with Gasteiger partial charge in [0.25, 0.3) is 0 Å². The second kappa shape index (κ2) is 6.43. The predicted octanol–water partition coefficient (Wildman–Crippen LogP) is 3.83. The number of nitrogens with two attached hydrogens (primary N) is 1. The minimum absolute atomic E-state index is 0.560. The number of halogens is 1. The van der Waals surface area contributed by atoms with Gasteiger partial charge in [0.2, 0.25) is 0 Å². The Hall–Kier alpha value is -1.69. The highest BCUT2D eigenvalue weighted by Crippen LogP contribution is 2.45. The van der Waals surface area contributed by atoms with Crippen LogP contribution in [0.1, 0.15) is 19.8 Å². The number of hydrogen-bond acceptors (Lipinski definition) is 5. The zero-order valence-corrected chi connectivity index (χ0v) is 15.3. The normalized spacial score (nSPS) is 18.3. The summed E-state index contributed by atoms with van der Waals surface area (Å²) < 4.78 is 11.8. The number of aromatic nitrogens is 1. The SMILES string of the molecule is COc1cc2c(N3CCCC(C)C3)ncc(Br)c2c(N)c1OC. The van der Waals surface area contributed by atoms with Gasteiger partial charge in [-0.25, -0.2) is 4.98 Å². The molecule has 0 amide bonds. The number of hydrogen-bond donors (Lipinski definition) is 1. The lowest BCUT2D eigenvalue weighted by atomic mass is 9.99. The van der Waals surface area contributed by atoms with Gasteiger partial charge in [-0.05, 0) is 40.8 Å². The smallest absolute Gasteiger partial charge is 0.184 e. The Morgan fingerprint density at radius 2 is 2.13 bits per heavy atom. The van der Waals surface area contributed by atoms with E-state index in [0.717, 1.165) is 34.2 Å². The molecule has 5 nitrogen and oxygen atoms in total. The van der Waals surface area contributed by atoms with E-state index in [4.69, 9.17) is 15.2 Å². The molecule has 2 N–H and O–H groups in total. The van der Waals surface area contributed by atoms with Crippen molar-refractivity contribution < 1.29 is 9.47 Å². The third-order valence-corrected chi connectivity index (χ3v) is 5.04. The summed E-state index contributed by atoms with van der Waals surface area (Å²) in [6, 6.07) is 1.97. The molecular weight excluding hydrogens is 358 g/mol. The van der Waals surface area contributed by atoms with Crippen LogP contribution in [0.2, 0.25) is 0 Å². The molecule has 0 bridgehead atoms. The molecule has 1 fully saturated rings. The van der Waals surface area contributed by atoms with Crippen LogP contribution >= 0.6 is 15.9 Å². The minimum atomic E-state index is 0.560. The topological polar surface area (TPSA) is 60.6 Å². The largest absolute Gasteiger partial charge is 0.493 e. The highest BCUT2D eigenvalue weighted by Gasteiger charge is 2.23. The molecule has 1 saturated heterocycles. The van der Waals surface area contributed by atoms with E-state index < -0.39 is 0 Å². The van der Waals surface area contributed by atoms with Crippen LogP contribution in [0.25, 0.3) is 10.8 Å². The standard InChI is InChI=1S/C17H22BrN3O2/c1-10-5-4-6-21(9-10)17-11-7-13(22-2)16(23-3)15(19)14(11)12(18)8-20-17/h7-8,10H,4-6,9,19H2,1-3H3. The van der Waals surface area contributed by atoms with Crippen molar-refractivity contribution in [3.63, 3.8) is 0 Å². The van der Waals surface area contributed by atoms with Crippen molar-refractivity contribution in [1.82, 2.24) is 4.98 Å². The minimum Gasteiger partial charge on any atom is -0.493 e. The third-order valence-electron chi connectivity index (χ3n) is 4.44. The van der Waals surface area contributed by atoms with E-state index in [0.29, 0.717) is 23.1 Å². The second-order valence-electron chi connectivity index (χ2n) is 6.07. The summed E-state index contributed by atoms with van der Waals surface area (Å²) in [4.78, 5) is 7.01. The lowest BCUT2D eigenvalue weighted by molar-refractivity contribution is 0.357. The Labute approximate surface area is 144 Å². The Bertz CT molecular complexity index is 736. The van der Waals surface area contributed by atoms with Crippen molar-refractivity contribution in [1.29, 1.82) is 0 Å². The number of nitrogens with zero attached hydrogens (tertiary/aromatic N) is 2. The van der Waals surface area contributed by atoms with Gasteiger partial charge in [-0.2, -0.15) is 0 Å². The van der Waals surface area contributed by atoms with E-state index in [1.165, 1.54) is 12.8 Å². The van der Waals surface area contributed by atoms with Crippen molar-refractivity contribution in [3.05, 3.63) is 16.7 Å². The van der Waals surface area contributed by atoms with Crippen LogP contribution in [0.3, 0.4) is 0 Å². The molecule has 1 aliphatic heterocycles. The summed E-state index contributed by atoms with van der Waals surface area (Å²) in [6.07, 6.45) is 4.27. The van der Waals surface area contributed by atoms with Gasteiger partial charge >= 0.3 is 0 Å². The molecule has 0 aliphatic carbocycles. The van der Waals surface area contributed by atoms with Crippen LogP contribution in [-0.4, -0.2) is 32.3 Å². The Kier molecular flexibility index (Phi) is 4.53. The molecule has 2 heterocycles. The van der Waals surface area contributed by atoms with Crippen LogP contribution in [-0.2, 0) is 0 Å². The van der Waals surface area contributed by atoms with Crippen molar-refractivity contribution in [3.8, 4) is 11.5 Å². The molecule has 1 aromatic heterocycles. The third kappa shape index (κ3) is 2.80. The lowest BCUT2D eigenvalue weighted by Crippen LogP contribution is -2.34. The Morgan fingerprint density at radius 3 is 2.78 bits per heavy atom. The Balaban J connectivity index is 2.24. The van der Waals surface area contributed by atoms with Crippen molar-refractivity contribution >= 4 is 38.2 Å². The number of methoxy groups -OCH3 is 2. The summed E-state index contributed by atoms with van der Waals surface area (Å²) in [5.74, 6) is 2.82. The molecular formula is C17H22BrN3O2. The molecule has 1 aromatic carbocycles.